The first-order valence-electron chi connectivity index (χ1n) is 8.38. The molecule has 0 heterocycles. The summed E-state index contributed by atoms with van der Waals surface area (Å²) in [7, 11) is -2.06. The average Bonchev–Trinajstić information content (AvgIpc) is 2.67. The van der Waals surface area contributed by atoms with E-state index in [1.54, 1.807) is 43.3 Å². The number of nitrogens with zero attached hydrogens (tertiary/aromatic N) is 1. The number of hydrogen-bond acceptors (Lipinski definition) is 6. The Bertz CT molecular complexity index is 946. The summed E-state index contributed by atoms with van der Waals surface area (Å²) in [6.45, 7) is 1.94. The van der Waals surface area contributed by atoms with Crippen molar-refractivity contribution in [2.24, 2.45) is 0 Å². The number of nitrogens with one attached hydrogen (secondary N) is 2. The number of nitro groups is 1. The standard InChI is InChI=1S/C18H21N3O5S2/c1-13(27-17-9-7-16(8-10-17)21(23)24)18(22)20-11-14-5-3-4-6-15(14)12-28(25,26)19-2/h3-10,13,19H,11-12H2,1-2H3,(H,20,22). The minimum atomic E-state index is -3.42. The molecule has 10 heteroatoms. The van der Waals surface area contributed by atoms with Crippen LogP contribution in [0.5, 0.6) is 0 Å². The Hall–Kier alpha value is -2.43. The second-order valence-corrected chi connectivity index (χ2v) is 9.30. The zero-order valence-electron chi connectivity index (χ0n) is 15.4. The van der Waals surface area contributed by atoms with Crippen LogP contribution in [0, 0.1) is 10.1 Å². The Morgan fingerprint density at radius 1 is 1.14 bits per heavy atom. The number of rotatable bonds is 9. The lowest BCUT2D eigenvalue weighted by Gasteiger charge is -2.14. The van der Waals surface area contributed by atoms with Crippen LogP contribution in [0.4, 0.5) is 5.69 Å². The fourth-order valence-electron chi connectivity index (χ4n) is 2.38. The fraction of sp³-hybridized carbons (Fsp3) is 0.278. The van der Waals surface area contributed by atoms with E-state index in [4.69, 9.17) is 0 Å². The molecule has 0 aromatic heterocycles. The summed E-state index contributed by atoms with van der Waals surface area (Å²) in [5, 5.41) is 13.1. The molecule has 0 bridgehead atoms. The quantitative estimate of drug-likeness (QED) is 0.363. The van der Waals surface area contributed by atoms with Crippen molar-refractivity contribution >= 4 is 33.4 Å². The van der Waals surface area contributed by atoms with Crippen LogP contribution in [0.1, 0.15) is 18.1 Å². The molecule has 0 aliphatic heterocycles. The van der Waals surface area contributed by atoms with Gasteiger partial charge in [0.25, 0.3) is 5.69 Å². The third-order valence-electron chi connectivity index (χ3n) is 3.96. The molecule has 8 nitrogen and oxygen atoms in total. The van der Waals surface area contributed by atoms with Gasteiger partial charge < -0.3 is 5.32 Å². The van der Waals surface area contributed by atoms with Gasteiger partial charge in [0.05, 0.1) is 15.9 Å². The predicted octanol–water partition coefficient (Wildman–Crippen LogP) is 2.44. The van der Waals surface area contributed by atoms with E-state index in [0.717, 1.165) is 10.5 Å². The molecule has 0 radical (unpaired) electrons. The Kier molecular flexibility index (Phi) is 7.55. The summed E-state index contributed by atoms with van der Waals surface area (Å²) in [5.74, 6) is -0.377. The molecular weight excluding hydrogens is 402 g/mol. The minimum Gasteiger partial charge on any atom is -0.351 e. The van der Waals surface area contributed by atoms with Crippen LogP contribution in [0.15, 0.2) is 53.4 Å². The van der Waals surface area contributed by atoms with E-state index in [2.05, 4.69) is 10.0 Å². The van der Waals surface area contributed by atoms with E-state index in [0.29, 0.717) is 5.56 Å². The van der Waals surface area contributed by atoms with Crippen molar-refractivity contribution in [2.45, 2.75) is 29.4 Å². The van der Waals surface area contributed by atoms with E-state index in [1.807, 2.05) is 0 Å². The highest BCUT2D eigenvalue weighted by Gasteiger charge is 2.17. The van der Waals surface area contributed by atoms with Gasteiger partial charge >= 0.3 is 0 Å². The van der Waals surface area contributed by atoms with Crippen LogP contribution < -0.4 is 10.0 Å². The van der Waals surface area contributed by atoms with Gasteiger partial charge in [0.2, 0.25) is 15.9 Å². The molecule has 0 aliphatic carbocycles. The van der Waals surface area contributed by atoms with Crippen molar-refractivity contribution in [3.63, 3.8) is 0 Å². The number of thioether (sulfide) groups is 1. The molecule has 0 fully saturated rings. The smallest absolute Gasteiger partial charge is 0.269 e. The molecule has 1 unspecified atom stereocenters. The van der Waals surface area contributed by atoms with Crippen LogP contribution in [-0.4, -0.2) is 31.5 Å². The van der Waals surface area contributed by atoms with Gasteiger partial charge in [0.15, 0.2) is 0 Å². The summed E-state index contributed by atoms with van der Waals surface area (Å²) >= 11 is 1.28. The van der Waals surface area contributed by atoms with Crippen molar-refractivity contribution < 1.29 is 18.1 Å². The first kappa shape index (κ1) is 21.9. The molecule has 28 heavy (non-hydrogen) atoms. The first-order valence-corrected chi connectivity index (χ1v) is 10.9. The molecule has 1 atom stereocenters. The predicted molar refractivity (Wildman–Crippen MR) is 108 cm³/mol. The van der Waals surface area contributed by atoms with E-state index < -0.39 is 20.2 Å². The van der Waals surface area contributed by atoms with Crippen molar-refractivity contribution in [1.82, 2.24) is 10.0 Å². The largest absolute Gasteiger partial charge is 0.351 e. The summed E-state index contributed by atoms with van der Waals surface area (Å²) in [6, 6.07) is 13.0. The molecule has 2 N–H and O–H groups in total. The number of sulfonamides is 1. The van der Waals surface area contributed by atoms with E-state index in [9.17, 15) is 23.3 Å². The van der Waals surface area contributed by atoms with Gasteiger partial charge in [-0.3, -0.25) is 14.9 Å². The van der Waals surface area contributed by atoms with Gasteiger partial charge in [0.1, 0.15) is 0 Å². The van der Waals surface area contributed by atoms with Crippen molar-refractivity contribution in [1.29, 1.82) is 0 Å². The van der Waals surface area contributed by atoms with Gasteiger partial charge in [-0.05, 0) is 37.2 Å². The lowest BCUT2D eigenvalue weighted by atomic mass is 10.1. The molecule has 2 aromatic carbocycles. The Labute approximate surface area is 167 Å². The molecule has 1 amide bonds. The topological polar surface area (TPSA) is 118 Å². The van der Waals surface area contributed by atoms with Gasteiger partial charge in [0, 0.05) is 23.6 Å². The summed E-state index contributed by atoms with van der Waals surface area (Å²) < 4.78 is 25.9. The third kappa shape index (κ3) is 6.32. The van der Waals surface area contributed by atoms with E-state index >= 15 is 0 Å². The normalized spacial score (nSPS) is 12.4. The van der Waals surface area contributed by atoms with Crippen LogP contribution in [-0.2, 0) is 27.1 Å². The first-order chi connectivity index (χ1) is 13.2. The molecule has 150 valence electrons. The van der Waals surface area contributed by atoms with E-state index in [1.165, 1.54) is 30.9 Å². The number of non-ortho nitro benzene ring substituents is 1. The SMILES string of the molecule is CNS(=O)(=O)Cc1ccccc1CNC(=O)C(C)Sc1ccc([N+](=O)[O-])cc1. The lowest BCUT2D eigenvalue weighted by Crippen LogP contribution is -2.31. The number of benzene rings is 2. The number of hydrogen-bond donors (Lipinski definition) is 2. The van der Waals surface area contributed by atoms with E-state index in [-0.39, 0.29) is 23.9 Å². The fourth-order valence-corrected chi connectivity index (χ4v) is 4.11. The maximum Gasteiger partial charge on any atom is 0.269 e. The molecule has 0 saturated carbocycles. The van der Waals surface area contributed by atoms with Gasteiger partial charge in [-0.15, -0.1) is 11.8 Å². The van der Waals surface area contributed by atoms with Crippen molar-refractivity contribution in [3.8, 4) is 0 Å². The molecule has 0 aliphatic rings. The van der Waals surface area contributed by atoms with Crippen LogP contribution in [0.25, 0.3) is 0 Å². The Morgan fingerprint density at radius 3 is 2.32 bits per heavy atom. The second-order valence-electron chi connectivity index (χ2n) is 5.96. The van der Waals surface area contributed by atoms with Crippen LogP contribution in [0.3, 0.4) is 0 Å². The highest BCUT2D eigenvalue weighted by Crippen LogP contribution is 2.25. The molecular formula is C18H21N3O5S2. The summed E-state index contributed by atoms with van der Waals surface area (Å²) in [4.78, 5) is 23.3. The minimum absolute atomic E-state index is 0.00502. The summed E-state index contributed by atoms with van der Waals surface area (Å²) in [6.07, 6.45) is 0. The average molecular weight is 424 g/mol. The summed E-state index contributed by atoms with van der Waals surface area (Å²) in [5.41, 5.74) is 1.34. The molecule has 0 saturated heterocycles. The lowest BCUT2D eigenvalue weighted by molar-refractivity contribution is -0.384. The van der Waals surface area contributed by atoms with Crippen molar-refractivity contribution in [2.75, 3.05) is 7.05 Å². The maximum atomic E-state index is 12.4. The Morgan fingerprint density at radius 2 is 1.75 bits per heavy atom. The zero-order chi connectivity index (χ0) is 20.7. The van der Waals surface area contributed by atoms with Crippen LogP contribution >= 0.6 is 11.8 Å². The third-order valence-corrected chi connectivity index (χ3v) is 6.38. The number of nitro benzene ring substituents is 1. The highest BCUT2D eigenvalue weighted by atomic mass is 32.2. The number of carbonyl (C=O) groups excluding carboxylic acids is 1. The highest BCUT2D eigenvalue weighted by molar-refractivity contribution is 8.00. The van der Waals surface area contributed by atoms with Gasteiger partial charge in [-0.1, -0.05) is 24.3 Å². The second kappa shape index (κ2) is 9.67. The van der Waals surface area contributed by atoms with Gasteiger partial charge in [-0.25, -0.2) is 13.1 Å². The maximum absolute atomic E-state index is 12.4. The van der Waals surface area contributed by atoms with Crippen molar-refractivity contribution in [3.05, 3.63) is 69.8 Å². The van der Waals surface area contributed by atoms with Gasteiger partial charge in [-0.2, -0.15) is 0 Å². The number of carbonyl (C=O) groups is 1. The zero-order valence-corrected chi connectivity index (χ0v) is 17.0. The number of amides is 1. The monoisotopic (exact) mass is 423 g/mol. The molecule has 2 aromatic rings. The molecule has 2 rings (SSSR count). The Balaban J connectivity index is 1.97. The molecule has 0 spiro atoms. The van der Waals surface area contributed by atoms with Crippen LogP contribution in [0.2, 0.25) is 0 Å².